The first-order valence-electron chi connectivity index (χ1n) is 5.63. The van der Waals surface area contributed by atoms with Gasteiger partial charge < -0.3 is 10.5 Å². The molecule has 3 nitrogen and oxygen atoms in total. The van der Waals surface area contributed by atoms with Gasteiger partial charge in [0.15, 0.2) is 0 Å². The van der Waals surface area contributed by atoms with E-state index in [9.17, 15) is 9.18 Å². The third kappa shape index (κ3) is 3.40. The Morgan fingerprint density at radius 1 is 1.15 bits per heavy atom. The number of primary amides is 1. The molecule has 0 aromatic heterocycles. The van der Waals surface area contributed by atoms with E-state index < -0.39 is 11.7 Å². The number of hydrogen-bond donors (Lipinski definition) is 1. The highest BCUT2D eigenvalue weighted by Gasteiger charge is 2.08. The molecule has 0 saturated carbocycles. The van der Waals surface area contributed by atoms with Crippen molar-refractivity contribution in [2.24, 2.45) is 5.73 Å². The average molecular weight is 314 g/mol. The molecule has 2 rings (SSSR count). The molecule has 20 heavy (non-hydrogen) atoms. The van der Waals surface area contributed by atoms with E-state index >= 15 is 0 Å². The highest BCUT2D eigenvalue weighted by atomic mass is 35.5. The summed E-state index contributed by atoms with van der Waals surface area (Å²) in [5.41, 5.74) is 6.06. The van der Waals surface area contributed by atoms with Crippen LogP contribution >= 0.6 is 23.2 Å². The molecule has 0 heterocycles. The smallest absolute Gasteiger partial charge is 0.248 e. The van der Waals surface area contributed by atoms with Crippen LogP contribution in [0.4, 0.5) is 4.39 Å². The van der Waals surface area contributed by atoms with Crippen LogP contribution < -0.4 is 10.5 Å². The van der Waals surface area contributed by atoms with E-state index in [0.29, 0.717) is 16.9 Å². The van der Waals surface area contributed by atoms with Crippen molar-refractivity contribution in [1.82, 2.24) is 0 Å². The van der Waals surface area contributed by atoms with Crippen LogP contribution in [-0.2, 0) is 6.61 Å². The van der Waals surface area contributed by atoms with Crippen LogP contribution in [0.2, 0.25) is 10.0 Å². The van der Waals surface area contributed by atoms with E-state index in [2.05, 4.69) is 0 Å². The minimum atomic E-state index is -0.569. The first-order valence-corrected chi connectivity index (χ1v) is 6.39. The van der Waals surface area contributed by atoms with Gasteiger partial charge in [-0.05, 0) is 30.3 Å². The number of amides is 1. The molecule has 1 amide bonds. The number of carbonyl (C=O) groups is 1. The number of hydrogen-bond acceptors (Lipinski definition) is 2. The number of halogens is 3. The minimum absolute atomic E-state index is 0.134. The summed E-state index contributed by atoms with van der Waals surface area (Å²) in [4.78, 5) is 11.0. The van der Waals surface area contributed by atoms with Crippen LogP contribution in [0.25, 0.3) is 0 Å². The van der Waals surface area contributed by atoms with Gasteiger partial charge in [-0.25, -0.2) is 4.39 Å². The summed E-state index contributed by atoms with van der Waals surface area (Å²) in [6, 6.07) is 8.50. The van der Waals surface area contributed by atoms with Gasteiger partial charge in [-0.15, -0.1) is 0 Å². The lowest BCUT2D eigenvalue weighted by Gasteiger charge is -2.10. The fraction of sp³-hybridized carbons (Fsp3) is 0.0714. The lowest BCUT2D eigenvalue weighted by atomic mass is 10.2. The zero-order chi connectivity index (χ0) is 14.7. The summed E-state index contributed by atoms with van der Waals surface area (Å²) in [7, 11) is 0. The molecule has 0 aliphatic heterocycles. The van der Waals surface area contributed by atoms with Gasteiger partial charge in [-0.2, -0.15) is 0 Å². The molecule has 0 aliphatic rings. The fourth-order valence-corrected chi connectivity index (χ4v) is 2.02. The normalized spacial score (nSPS) is 10.3. The van der Waals surface area contributed by atoms with E-state index in [1.165, 1.54) is 30.3 Å². The SMILES string of the molecule is NC(=O)c1ccc(OCc2ccc(F)cc2Cl)c(Cl)c1. The molecular weight excluding hydrogens is 304 g/mol. The zero-order valence-electron chi connectivity index (χ0n) is 10.2. The number of ether oxygens (including phenoxy) is 1. The maximum absolute atomic E-state index is 12.9. The van der Waals surface area contributed by atoms with Gasteiger partial charge in [0.25, 0.3) is 0 Å². The van der Waals surface area contributed by atoms with Crippen LogP contribution in [0.3, 0.4) is 0 Å². The Morgan fingerprint density at radius 2 is 1.90 bits per heavy atom. The van der Waals surface area contributed by atoms with Crippen LogP contribution in [-0.4, -0.2) is 5.91 Å². The van der Waals surface area contributed by atoms with Crippen molar-refractivity contribution in [1.29, 1.82) is 0 Å². The Bertz CT molecular complexity index is 662. The number of nitrogens with two attached hydrogens (primary N) is 1. The number of carbonyl (C=O) groups excluding carboxylic acids is 1. The van der Waals surface area contributed by atoms with Crippen molar-refractivity contribution in [3.8, 4) is 5.75 Å². The first-order chi connectivity index (χ1) is 9.47. The van der Waals surface area contributed by atoms with E-state index in [1.54, 1.807) is 6.07 Å². The molecule has 2 aromatic carbocycles. The minimum Gasteiger partial charge on any atom is -0.487 e. The largest absolute Gasteiger partial charge is 0.487 e. The Morgan fingerprint density at radius 3 is 2.50 bits per heavy atom. The first kappa shape index (κ1) is 14.6. The molecule has 0 radical (unpaired) electrons. The molecular formula is C14H10Cl2FNO2. The monoisotopic (exact) mass is 313 g/mol. The molecule has 104 valence electrons. The van der Waals surface area contributed by atoms with Gasteiger partial charge in [0, 0.05) is 11.1 Å². The van der Waals surface area contributed by atoms with E-state index in [4.69, 9.17) is 33.7 Å². The van der Waals surface area contributed by atoms with E-state index in [0.717, 1.165) is 0 Å². The molecule has 0 atom stereocenters. The van der Waals surface area contributed by atoms with Crippen molar-refractivity contribution in [3.05, 3.63) is 63.4 Å². The molecule has 0 aliphatic carbocycles. The molecule has 0 spiro atoms. The molecule has 2 aromatic rings. The highest BCUT2D eigenvalue weighted by Crippen LogP contribution is 2.27. The lowest BCUT2D eigenvalue weighted by molar-refractivity contribution is 0.1000. The van der Waals surface area contributed by atoms with Crippen molar-refractivity contribution in [3.63, 3.8) is 0 Å². The van der Waals surface area contributed by atoms with E-state index in [-0.39, 0.29) is 16.7 Å². The Kier molecular flexibility index (Phi) is 4.47. The maximum atomic E-state index is 12.9. The summed E-state index contributed by atoms with van der Waals surface area (Å²) in [6.45, 7) is 0.134. The fourth-order valence-electron chi connectivity index (χ4n) is 1.57. The lowest BCUT2D eigenvalue weighted by Crippen LogP contribution is -2.10. The van der Waals surface area contributed by atoms with Gasteiger partial charge in [0.2, 0.25) is 5.91 Å². The molecule has 0 fully saturated rings. The second kappa shape index (κ2) is 6.11. The van der Waals surface area contributed by atoms with Gasteiger partial charge in [0.1, 0.15) is 18.2 Å². The van der Waals surface area contributed by atoms with Gasteiger partial charge in [-0.1, -0.05) is 29.3 Å². The third-order valence-corrected chi connectivity index (χ3v) is 3.26. The maximum Gasteiger partial charge on any atom is 0.248 e. The average Bonchev–Trinajstić information content (AvgIpc) is 2.38. The highest BCUT2D eigenvalue weighted by molar-refractivity contribution is 6.32. The number of benzene rings is 2. The molecule has 0 unspecified atom stereocenters. The molecule has 0 bridgehead atoms. The summed E-state index contributed by atoms with van der Waals surface area (Å²) in [5.74, 6) is -0.598. The predicted octanol–water partition coefficient (Wildman–Crippen LogP) is 3.81. The van der Waals surface area contributed by atoms with Crippen molar-refractivity contribution in [2.45, 2.75) is 6.61 Å². The van der Waals surface area contributed by atoms with E-state index in [1.807, 2.05) is 0 Å². The topological polar surface area (TPSA) is 52.3 Å². The van der Waals surface area contributed by atoms with Crippen LogP contribution in [0, 0.1) is 5.82 Å². The molecule has 0 saturated heterocycles. The van der Waals surface area contributed by atoms with Crippen molar-refractivity contribution >= 4 is 29.1 Å². The second-order valence-electron chi connectivity index (χ2n) is 4.03. The second-order valence-corrected chi connectivity index (χ2v) is 4.85. The van der Waals surface area contributed by atoms with Gasteiger partial charge in [-0.3, -0.25) is 4.79 Å². The summed E-state index contributed by atoms with van der Waals surface area (Å²) in [5, 5.41) is 0.536. The van der Waals surface area contributed by atoms with Crippen LogP contribution in [0.5, 0.6) is 5.75 Å². The Balaban J connectivity index is 2.13. The van der Waals surface area contributed by atoms with Gasteiger partial charge in [0.05, 0.1) is 10.0 Å². The molecule has 2 N–H and O–H groups in total. The standard InChI is InChI=1S/C14H10Cl2FNO2/c15-11-6-10(17)3-1-9(11)7-20-13-4-2-8(14(18)19)5-12(13)16/h1-6H,7H2,(H2,18,19). The zero-order valence-corrected chi connectivity index (χ0v) is 11.7. The summed E-state index contributed by atoms with van der Waals surface area (Å²) >= 11 is 11.9. The number of rotatable bonds is 4. The Labute approximate surface area is 125 Å². The summed E-state index contributed by atoms with van der Waals surface area (Å²) in [6.07, 6.45) is 0. The van der Waals surface area contributed by atoms with Crippen LogP contribution in [0.15, 0.2) is 36.4 Å². The Hall–Kier alpha value is -1.78. The van der Waals surface area contributed by atoms with Crippen molar-refractivity contribution in [2.75, 3.05) is 0 Å². The predicted molar refractivity (Wildman–Crippen MR) is 75.7 cm³/mol. The third-order valence-electron chi connectivity index (χ3n) is 2.61. The van der Waals surface area contributed by atoms with Crippen molar-refractivity contribution < 1.29 is 13.9 Å². The summed E-state index contributed by atoms with van der Waals surface area (Å²) < 4.78 is 18.4. The van der Waals surface area contributed by atoms with Gasteiger partial charge >= 0.3 is 0 Å². The van der Waals surface area contributed by atoms with Crippen LogP contribution in [0.1, 0.15) is 15.9 Å². The quantitative estimate of drug-likeness (QED) is 0.933. The molecule has 6 heteroatoms.